The largest absolute Gasteiger partial charge is 0.486 e. The van der Waals surface area contributed by atoms with E-state index >= 15 is 0 Å². The van der Waals surface area contributed by atoms with Crippen molar-refractivity contribution >= 4 is 0 Å². The summed E-state index contributed by atoms with van der Waals surface area (Å²) >= 11 is 0. The van der Waals surface area contributed by atoms with Gasteiger partial charge in [-0.1, -0.05) is 0 Å². The third-order valence-corrected chi connectivity index (χ3v) is 3.20. The predicted molar refractivity (Wildman–Crippen MR) is 72.9 cm³/mol. The number of pyridine rings is 1. The lowest BCUT2D eigenvalue weighted by atomic mass is 10.1. The van der Waals surface area contributed by atoms with E-state index in [-0.39, 0.29) is 11.1 Å². The van der Waals surface area contributed by atoms with Gasteiger partial charge in [-0.2, -0.15) is 5.26 Å². The van der Waals surface area contributed by atoms with E-state index in [1.54, 1.807) is 13.0 Å². The van der Waals surface area contributed by atoms with Gasteiger partial charge in [0.1, 0.15) is 24.8 Å². The predicted octanol–water partition coefficient (Wildman–Crippen LogP) is 1.99. The first-order valence-corrected chi connectivity index (χ1v) is 6.23. The fourth-order valence-electron chi connectivity index (χ4n) is 2.19. The van der Waals surface area contributed by atoms with Gasteiger partial charge in [0.2, 0.25) is 0 Å². The molecule has 0 bridgehead atoms. The quantitative estimate of drug-likeness (QED) is 0.858. The number of ether oxygens (including phenoxy) is 2. The minimum absolute atomic E-state index is 0.145. The Morgan fingerprint density at radius 2 is 1.95 bits per heavy atom. The highest BCUT2D eigenvalue weighted by atomic mass is 16.6. The van der Waals surface area contributed by atoms with Crippen LogP contribution < -0.4 is 15.0 Å². The lowest BCUT2D eigenvalue weighted by molar-refractivity contribution is 0.171. The number of benzene rings is 1. The van der Waals surface area contributed by atoms with Crippen LogP contribution in [0.15, 0.2) is 29.1 Å². The van der Waals surface area contributed by atoms with Crippen LogP contribution in [0.5, 0.6) is 11.5 Å². The highest BCUT2D eigenvalue weighted by molar-refractivity contribution is 5.65. The van der Waals surface area contributed by atoms with Crippen LogP contribution >= 0.6 is 0 Å². The number of nitriles is 1. The molecule has 0 saturated heterocycles. The Morgan fingerprint density at radius 1 is 1.20 bits per heavy atom. The van der Waals surface area contributed by atoms with Gasteiger partial charge in [0.05, 0.1) is 0 Å². The lowest BCUT2D eigenvalue weighted by Gasteiger charge is -2.18. The fraction of sp³-hybridized carbons (Fsp3) is 0.200. The molecule has 1 N–H and O–H groups in total. The van der Waals surface area contributed by atoms with E-state index in [0.29, 0.717) is 36.0 Å². The number of aromatic nitrogens is 1. The summed E-state index contributed by atoms with van der Waals surface area (Å²) in [7, 11) is 0. The number of fused-ring (bicyclic) bond motifs is 1. The van der Waals surface area contributed by atoms with Crippen LogP contribution in [-0.4, -0.2) is 18.2 Å². The first-order valence-electron chi connectivity index (χ1n) is 6.23. The number of nitrogens with one attached hydrogen (secondary N) is 1. The summed E-state index contributed by atoms with van der Waals surface area (Å²) in [6, 6.07) is 9.18. The van der Waals surface area contributed by atoms with Gasteiger partial charge in [-0.15, -0.1) is 0 Å². The van der Waals surface area contributed by atoms with Crippen molar-refractivity contribution in [2.75, 3.05) is 13.2 Å². The first kappa shape index (κ1) is 12.3. The van der Waals surface area contributed by atoms with Crippen LogP contribution in [0.2, 0.25) is 0 Å². The standard InChI is InChI=1S/C15H12N2O3/c1-9-6-12(17-15(18)11(9)8-16)10-2-3-13-14(7-10)20-5-4-19-13/h2-3,6-7H,4-5H2,1H3,(H,17,18). The van der Waals surface area contributed by atoms with Gasteiger partial charge in [-0.05, 0) is 36.8 Å². The Kier molecular flexibility index (Phi) is 2.92. The molecule has 100 valence electrons. The minimum atomic E-state index is -0.377. The number of aryl methyl sites for hydroxylation is 1. The van der Waals surface area contributed by atoms with Gasteiger partial charge >= 0.3 is 0 Å². The van der Waals surface area contributed by atoms with E-state index in [4.69, 9.17) is 14.7 Å². The van der Waals surface area contributed by atoms with Crippen molar-refractivity contribution in [2.45, 2.75) is 6.92 Å². The second-order valence-corrected chi connectivity index (χ2v) is 4.54. The molecule has 0 spiro atoms. The molecule has 5 nitrogen and oxygen atoms in total. The van der Waals surface area contributed by atoms with Crippen LogP contribution in [0.4, 0.5) is 0 Å². The van der Waals surface area contributed by atoms with E-state index in [0.717, 1.165) is 5.56 Å². The molecule has 1 aromatic heterocycles. The van der Waals surface area contributed by atoms with Crippen molar-refractivity contribution in [1.29, 1.82) is 5.26 Å². The number of aromatic amines is 1. The van der Waals surface area contributed by atoms with Crippen LogP contribution in [0, 0.1) is 18.3 Å². The van der Waals surface area contributed by atoms with Gasteiger partial charge in [-0.25, -0.2) is 0 Å². The Morgan fingerprint density at radius 3 is 2.65 bits per heavy atom. The zero-order valence-electron chi connectivity index (χ0n) is 10.9. The summed E-state index contributed by atoms with van der Waals surface area (Å²) in [4.78, 5) is 14.5. The molecule has 0 aliphatic carbocycles. The second-order valence-electron chi connectivity index (χ2n) is 4.54. The number of rotatable bonds is 1. The topological polar surface area (TPSA) is 75.1 Å². The maximum absolute atomic E-state index is 11.8. The molecular formula is C15H12N2O3. The maximum atomic E-state index is 11.8. The molecule has 0 radical (unpaired) electrons. The minimum Gasteiger partial charge on any atom is -0.486 e. The Hall–Kier alpha value is -2.74. The second kappa shape index (κ2) is 4.74. The van der Waals surface area contributed by atoms with Crippen LogP contribution in [0.1, 0.15) is 11.1 Å². The summed E-state index contributed by atoms with van der Waals surface area (Å²) in [6.07, 6.45) is 0. The van der Waals surface area contributed by atoms with Crippen LogP contribution in [0.25, 0.3) is 11.3 Å². The zero-order valence-corrected chi connectivity index (χ0v) is 10.9. The molecular weight excluding hydrogens is 256 g/mol. The SMILES string of the molecule is Cc1cc(-c2ccc3c(c2)OCCO3)[nH]c(=O)c1C#N. The molecule has 3 rings (SSSR count). The van der Waals surface area contributed by atoms with E-state index in [2.05, 4.69) is 4.98 Å². The smallest absolute Gasteiger partial charge is 0.266 e. The normalized spacial score (nSPS) is 12.8. The van der Waals surface area contributed by atoms with Gasteiger partial charge in [0, 0.05) is 11.3 Å². The molecule has 0 saturated carbocycles. The third kappa shape index (κ3) is 2.01. The first-order chi connectivity index (χ1) is 9.69. The Bertz CT molecular complexity index is 772. The third-order valence-electron chi connectivity index (χ3n) is 3.20. The molecule has 1 aliphatic heterocycles. The summed E-state index contributed by atoms with van der Waals surface area (Å²) < 4.78 is 11.0. The average molecular weight is 268 g/mol. The van der Waals surface area contributed by atoms with Crippen molar-refractivity contribution in [3.8, 4) is 28.8 Å². The molecule has 20 heavy (non-hydrogen) atoms. The zero-order chi connectivity index (χ0) is 14.1. The highest BCUT2D eigenvalue weighted by Crippen LogP contribution is 2.33. The van der Waals surface area contributed by atoms with Crippen LogP contribution in [0.3, 0.4) is 0 Å². The molecule has 0 fully saturated rings. The van der Waals surface area contributed by atoms with E-state index in [1.165, 1.54) is 0 Å². The molecule has 1 aliphatic rings. The number of nitrogens with zero attached hydrogens (tertiary/aromatic N) is 1. The summed E-state index contributed by atoms with van der Waals surface area (Å²) in [6.45, 7) is 2.80. The van der Waals surface area contributed by atoms with E-state index in [9.17, 15) is 4.79 Å². The average Bonchev–Trinajstić information content (AvgIpc) is 2.46. The van der Waals surface area contributed by atoms with Crippen molar-refractivity contribution in [2.24, 2.45) is 0 Å². The molecule has 2 aromatic rings. The van der Waals surface area contributed by atoms with Crippen molar-refractivity contribution < 1.29 is 9.47 Å². The van der Waals surface area contributed by atoms with Crippen LogP contribution in [-0.2, 0) is 0 Å². The molecule has 5 heteroatoms. The molecule has 2 heterocycles. The fourth-order valence-corrected chi connectivity index (χ4v) is 2.19. The monoisotopic (exact) mass is 268 g/mol. The van der Waals surface area contributed by atoms with Crippen molar-refractivity contribution in [1.82, 2.24) is 4.98 Å². The molecule has 1 aromatic carbocycles. The van der Waals surface area contributed by atoms with Gasteiger partial charge < -0.3 is 14.5 Å². The van der Waals surface area contributed by atoms with E-state index < -0.39 is 0 Å². The van der Waals surface area contributed by atoms with Crippen molar-refractivity contribution in [3.05, 3.63) is 45.7 Å². The highest BCUT2D eigenvalue weighted by Gasteiger charge is 2.13. The number of hydrogen-bond donors (Lipinski definition) is 1. The molecule has 0 unspecified atom stereocenters. The maximum Gasteiger partial charge on any atom is 0.266 e. The lowest BCUT2D eigenvalue weighted by Crippen LogP contribution is -2.15. The van der Waals surface area contributed by atoms with Gasteiger partial charge in [-0.3, -0.25) is 4.79 Å². The van der Waals surface area contributed by atoms with Gasteiger partial charge in [0.15, 0.2) is 11.5 Å². The van der Waals surface area contributed by atoms with E-state index in [1.807, 2.05) is 24.3 Å². The molecule has 0 amide bonds. The summed E-state index contributed by atoms with van der Waals surface area (Å²) in [5.74, 6) is 1.37. The number of H-pyrrole nitrogens is 1. The van der Waals surface area contributed by atoms with Crippen molar-refractivity contribution in [3.63, 3.8) is 0 Å². The van der Waals surface area contributed by atoms with Gasteiger partial charge in [0.25, 0.3) is 5.56 Å². The molecule has 0 atom stereocenters. The summed E-state index contributed by atoms with van der Waals surface area (Å²) in [5, 5.41) is 8.91. The Balaban J connectivity index is 2.10. The number of hydrogen-bond acceptors (Lipinski definition) is 4. The Labute approximate surface area is 115 Å². The summed E-state index contributed by atoms with van der Waals surface area (Å²) in [5.41, 5.74) is 1.90.